The number of ether oxygens (including phenoxy) is 1. The minimum Gasteiger partial charge on any atom is -0.494 e. The number of hydrogen-bond donors (Lipinski definition) is 0. The molecule has 5 heteroatoms. The molecule has 5 nitrogen and oxygen atoms in total. The molecule has 90 valence electrons. The summed E-state index contributed by atoms with van der Waals surface area (Å²) in [4.78, 5) is 14.3. The topological polar surface area (TPSA) is 75.1 Å². The maximum Gasteiger partial charge on any atom is 0.168 e. The second-order valence-corrected chi connectivity index (χ2v) is 3.68. The number of carbonyl (C=O) groups excluding carboxylic acids is 1. The van der Waals surface area contributed by atoms with E-state index in [4.69, 9.17) is 10.3 Å². The van der Waals surface area contributed by atoms with Crippen LogP contribution in [0, 0.1) is 13.8 Å². The quantitative estimate of drug-likeness (QED) is 0.339. The van der Waals surface area contributed by atoms with Gasteiger partial charge in [-0.05, 0) is 49.6 Å². The van der Waals surface area contributed by atoms with Crippen molar-refractivity contribution >= 4 is 5.78 Å². The Hall–Kier alpha value is -2.00. The van der Waals surface area contributed by atoms with E-state index >= 15 is 0 Å². The van der Waals surface area contributed by atoms with Crippen LogP contribution in [0.1, 0.15) is 28.4 Å². The number of nitrogens with zero attached hydrogens (tertiary/aromatic N) is 3. The summed E-state index contributed by atoms with van der Waals surface area (Å²) < 4.78 is 5.44. The average Bonchev–Trinajstić information content (AvgIpc) is 2.30. The summed E-state index contributed by atoms with van der Waals surface area (Å²) in [5.41, 5.74) is 10.5. The van der Waals surface area contributed by atoms with E-state index < -0.39 is 0 Å². The molecule has 0 unspecified atom stereocenters. The summed E-state index contributed by atoms with van der Waals surface area (Å²) in [7, 11) is 0. The van der Waals surface area contributed by atoms with Crippen LogP contribution in [0.3, 0.4) is 0 Å². The minimum atomic E-state index is -0.175. The van der Waals surface area contributed by atoms with E-state index in [1.165, 1.54) is 0 Å². The van der Waals surface area contributed by atoms with Crippen LogP contribution in [0.25, 0.3) is 10.4 Å². The molecule has 0 spiro atoms. The van der Waals surface area contributed by atoms with Crippen molar-refractivity contribution in [2.45, 2.75) is 20.8 Å². The first-order chi connectivity index (χ1) is 8.10. The Balaban J connectivity index is 3.06. The molecule has 0 saturated heterocycles. The molecule has 0 heterocycles. The minimum absolute atomic E-state index is 0.148. The average molecular weight is 233 g/mol. The van der Waals surface area contributed by atoms with E-state index in [9.17, 15) is 4.79 Å². The molecule has 0 amide bonds. The number of carbonyl (C=O) groups is 1. The number of Topliss-reactive ketones (excluding diaryl/α,β-unsaturated/α-hetero) is 1. The molecule has 0 aliphatic rings. The molecule has 0 N–H and O–H groups in total. The van der Waals surface area contributed by atoms with Crippen molar-refractivity contribution in [3.63, 3.8) is 0 Å². The van der Waals surface area contributed by atoms with Crippen molar-refractivity contribution in [1.82, 2.24) is 0 Å². The summed E-state index contributed by atoms with van der Waals surface area (Å²) in [5.74, 6) is 0.608. The first kappa shape index (κ1) is 13.1. The molecule has 17 heavy (non-hydrogen) atoms. The zero-order valence-electron chi connectivity index (χ0n) is 10.2. The van der Waals surface area contributed by atoms with Crippen LogP contribution >= 0.6 is 0 Å². The Labute approximate surface area is 100 Å². The highest BCUT2D eigenvalue weighted by Crippen LogP contribution is 2.23. The van der Waals surface area contributed by atoms with Gasteiger partial charge < -0.3 is 4.74 Å². The van der Waals surface area contributed by atoms with Gasteiger partial charge in [-0.2, -0.15) is 0 Å². The highest BCUT2D eigenvalue weighted by Gasteiger charge is 2.11. The molecule has 0 aliphatic carbocycles. The fourth-order valence-corrected chi connectivity index (χ4v) is 1.58. The lowest BCUT2D eigenvalue weighted by atomic mass is 10.0. The second kappa shape index (κ2) is 5.92. The van der Waals surface area contributed by atoms with Gasteiger partial charge in [0.25, 0.3) is 0 Å². The van der Waals surface area contributed by atoms with Crippen LogP contribution in [0.4, 0.5) is 0 Å². The molecule has 0 aliphatic heterocycles. The van der Waals surface area contributed by atoms with Crippen molar-refractivity contribution in [1.29, 1.82) is 0 Å². The molecule has 1 aromatic rings. The molecule has 1 rings (SSSR count). The maximum absolute atomic E-state index is 11.7. The van der Waals surface area contributed by atoms with Crippen LogP contribution in [0.2, 0.25) is 0 Å². The third-order valence-electron chi connectivity index (χ3n) is 2.40. The molecular weight excluding hydrogens is 218 g/mol. The highest BCUT2D eigenvalue weighted by atomic mass is 16.5. The number of rotatable bonds is 5. The Morgan fingerprint density at radius 1 is 1.41 bits per heavy atom. The van der Waals surface area contributed by atoms with Gasteiger partial charge in [0.1, 0.15) is 5.75 Å². The Kier molecular flexibility index (Phi) is 4.55. The van der Waals surface area contributed by atoms with Gasteiger partial charge in [0.05, 0.1) is 13.2 Å². The predicted octanol–water partition coefficient (Wildman–Crippen LogP) is 3.20. The molecule has 0 bridgehead atoms. The number of benzene rings is 1. The zero-order valence-corrected chi connectivity index (χ0v) is 10.2. The van der Waals surface area contributed by atoms with Crippen LogP contribution < -0.4 is 4.74 Å². The fourth-order valence-electron chi connectivity index (χ4n) is 1.58. The van der Waals surface area contributed by atoms with Gasteiger partial charge >= 0.3 is 0 Å². The van der Waals surface area contributed by atoms with Crippen LogP contribution in [0.15, 0.2) is 17.2 Å². The van der Waals surface area contributed by atoms with Gasteiger partial charge in [0.2, 0.25) is 0 Å². The van der Waals surface area contributed by atoms with E-state index in [0.717, 1.165) is 16.9 Å². The number of azide groups is 1. The lowest BCUT2D eigenvalue weighted by Gasteiger charge is -2.11. The van der Waals surface area contributed by atoms with E-state index in [-0.39, 0.29) is 12.3 Å². The summed E-state index contributed by atoms with van der Waals surface area (Å²) in [6.45, 7) is 6.08. The molecule has 0 fully saturated rings. The molecule has 0 radical (unpaired) electrons. The van der Waals surface area contributed by atoms with E-state index in [1.54, 1.807) is 6.07 Å². The monoisotopic (exact) mass is 233 g/mol. The third-order valence-corrected chi connectivity index (χ3v) is 2.40. The predicted molar refractivity (Wildman–Crippen MR) is 65.4 cm³/mol. The molecule has 0 aromatic heterocycles. The van der Waals surface area contributed by atoms with E-state index in [0.29, 0.717) is 12.2 Å². The number of hydrogen-bond acceptors (Lipinski definition) is 3. The Morgan fingerprint density at radius 3 is 2.71 bits per heavy atom. The summed E-state index contributed by atoms with van der Waals surface area (Å²) in [6.07, 6.45) is 0. The largest absolute Gasteiger partial charge is 0.494 e. The maximum atomic E-state index is 11.7. The van der Waals surface area contributed by atoms with E-state index in [1.807, 2.05) is 26.8 Å². The van der Waals surface area contributed by atoms with Gasteiger partial charge in [0.15, 0.2) is 5.78 Å². The summed E-state index contributed by atoms with van der Waals surface area (Å²) in [5, 5.41) is 3.28. The lowest BCUT2D eigenvalue weighted by Crippen LogP contribution is -2.06. The third kappa shape index (κ3) is 3.23. The van der Waals surface area contributed by atoms with Gasteiger partial charge in [-0.15, -0.1) is 0 Å². The second-order valence-electron chi connectivity index (χ2n) is 3.68. The molecule has 1 aromatic carbocycles. The fraction of sp³-hybridized carbons (Fsp3) is 0.417. The van der Waals surface area contributed by atoms with Crippen LogP contribution in [-0.4, -0.2) is 18.9 Å². The van der Waals surface area contributed by atoms with Gasteiger partial charge in [0, 0.05) is 10.5 Å². The SMILES string of the molecule is CCOc1cc(C)c(C(=O)CN=[N+]=[N-])cc1C. The number of ketones is 1. The standard InChI is InChI=1S/C12H15N3O2/c1-4-17-12-6-8(2)10(5-9(12)3)11(16)7-14-15-13/h5-6H,4,7H2,1-3H3. The molecular formula is C12H15N3O2. The highest BCUT2D eigenvalue weighted by molar-refractivity contribution is 5.99. The summed E-state index contributed by atoms with van der Waals surface area (Å²) in [6, 6.07) is 3.61. The van der Waals surface area contributed by atoms with Crippen molar-refractivity contribution in [3.05, 3.63) is 39.3 Å². The first-order valence-electron chi connectivity index (χ1n) is 5.38. The smallest absolute Gasteiger partial charge is 0.168 e. The zero-order chi connectivity index (χ0) is 12.8. The van der Waals surface area contributed by atoms with Gasteiger partial charge in [-0.3, -0.25) is 4.79 Å². The van der Waals surface area contributed by atoms with Gasteiger partial charge in [-0.1, -0.05) is 5.11 Å². The normalized spacial score (nSPS) is 9.59. The lowest BCUT2D eigenvalue weighted by molar-refractivity contribution is 0.100. The Bertz CT molecular complexity index is 477. The van der Waals surface area contributed by atoms with E-state index in [2.05, 4.69) is 10.0 Å². The van der Waals surface area contributed by atoms with Crippen molar-refractivity contribution in [2.24, 2.45) is 5.11 Å². The Morgan fingerprint density at radius 2 is 2.12 bits per heavy atom. The van der Waals surface area contributed by atoms with Crippen molar-refractivity contribution < 1.29 is 9.53 Å². The molecule has 0 saturated carbocycles. The van der Waals surface area contributed by atoms with Gasteiger partial charge in [-0.25, -0.2) is 0 Å². The van der Waals surface area contributed by atoms with Crippen molar-refractivity contribution in [2.75, 3.05) is 13.2 Å². The van der Waals surface area contributed by atoms with Crippen molar-refractivity contribution in [3.8, 4) is 5.75 Å². The van der Waals surface area contributed by atoms with Crippen LogP contribution in [0.5, 0.6) is 5.75 Å². The number of aryl methyl sites for hydroxylation is 2. The first-order valence-corrected chi connectivity index (χ1v) is 5.38. The summed E-state index contributed by atoms with van der Waals surface area (Å²) >= 11 is 0. The molecule has 0 atom stereocenters. The van der Waals surface area contributed by atoms with Crippen LogP contribution in [-0.2, 0) is 0 Å².